The van der Waals surface area contributed by atoms with Crippen LogP contribution in [0, 0.1) is 13.8 Å². The molecular formula is C30H40OS. The SMILES string of the molecule is C.C=C(c1cccc(C)c1)c1ccccc1Sc1ccc(C(C)=O)cc1C.CC.CCC. The molecule has 172 valence electrons. The van der Waals surface area contributed by atoms with E-state index in [2.05, 4.69) is 69.8 Å². The molecular weight excluding hydrogens is 408 g/mol. The predicted molar refractivity (Wildman–Crippen MR) is 145 cm³/mol. The Bertz CT molecular complexity index is 1000. The number of benzene rings is 3. The summed E-state index contributed by atoms with van der Waals surface area (Å²) >= 11 is 1.72. The van der Waals surface area contributed by atoms with E-state index < -0.39 is 0 Å². The molecule has 0 fully saturated rings. The van der Waals surface area contributed by atoms with Crippen LogP contribution < -0.4 is 0 Å². The smallest absolute Gasteiger partial charge is 0.159 e. The summed E-state index contributed by atoms with van der Waals surface area (Å²) < 4.78 is 0. The van der Waals surface area contributed by atoms with Gasteiger partial charge in [0.15, 0.2) is 5.78 Å². The average Bonchev–Trinajstić information content (AvgIpc) is 2.77. The monoisotopic (exact) mass is 448 g/mol. The number of rotatable bonds is 5. The standard InChI is InChI=1S/C24H22OS.C3H8.C2H6.CH4/c1-16-8-7-9-20(14-16)18(3)22-10-5-6-11-24(22)26-23-13-12-21(19(4)25)15-17(23)2;1-3-2;1-2;/h5-15H,3H2,1-2,4H3;3H2,1-2H3;1-2H3;1H4. The zero-order valence-electron chi connectivity index (χ0n) is 20.1. The van der Waals surface area contributed by atoms with Gasteiger partial charge in [-0.3, -0.25) is 4.79 Å². The van der Waals surface area contributed by atoms with E-state index in [0.29, 0.717) is 0 Å². The van der Waals surface area contributed by atoms with Crippen LogP contribution in [0.4, 0.5) is 0 Å². The van der Waals surface area contributed by atoms with Crippen molar-refractivity contribution in [2.45, 2.75) is 72.1 Å². The molecule has 0 unspecified atom stereocenters. The number of Topliss-reactive ketones (excluding diaryl/α,β-unsaturated/α-hetero) is 1. The highest BCUT2D eigenvalue weighted by molar-refractivity contribution is 7.99. The molecule has 3 aromatic rings. The van der Waals surface area contributed by atoms with Gasteiger partial charge in [0.05, 0.1) is 0 Å². The molecule has 0 spiro atoms. The molecule has 3 rings (SSSR count). The summed E-state index contributed by atoms with van der Waals surface area (Å²) in [6.07, 6.45) is 1.25. The van der Waals surface area contributed by atoms with Crippen molar-refractivity contribution < 1.29 is 4.79 Å². The first-order valence-electron chi connectivity index (χ1n) is 11.0. The minimum atomic E-state index is 0. The van der Waals surface area contributed by atoms with E-state index in [1.165, 1.54) is 12.0 Å². The van der Waals surface area contributed by atoms with Crippen LogP contribution in [0.3, 0.4) is 0 Å². The quantitative estimate of drug-likeness (QED) is 0.361. The van der Waals surface area contributed by atoms with E-state index in [-0.39, 0.29) is 13.2 Å². The van der Waals surface area contributed by atoms with Crippen molar-refractivity contribution in [1.82, 2.24) is 0 Å². The maximum atomic E-state index is 11.6. The lowest BCUT2D eigenvalue weighted by Gasteiger charge is -2.14. The van der Waals surface area contributed by atoms with Crippen LogP contribution in [0.15, 0.2) is 83.1 Å². The Kier molecular flexibility index (Phi) is 14.0. The van der Waals surface area contributed by atoms with E-state index in [1.54, 1.807) is 18.7 Å². The van der Waals surface area contributed by atoms with Gasteiger partial charge >= 0.3 is 0 Å². The number of carbonyl (C=O) groups is 1. The van der Waals surface area contributed by atoms with Crippen molar-refractivity contribution in [2.24, 2.45) is 0 Å². The van der Waals surface area contributed by atoms with Crippen LogP contribution >= 0.6 is 11.8 Å². The van der Waals surface area contributed by atoms with Crippen molar-refractivity contribution in [3.63, 3.8) is 0 Å². The topological polar surface area (TPSA) is 17.1 Å². The summed E-state index contributed by atoms with van der Waals surface area (Å²) in [6, 6.07) is 22.7. The summed E-state index contributed by atoms with van der Waals surface area (Å²) in [6.45, 7) is 18.3. The van der Waals surface area contributed by atoms with Crippen molar-refractivity contribution in [2.75, 3.05) is 0 Å². The highest BCUT2D eigenvalue weighted by Gasteiger charge is 2.11. The summed E-state index contributed by atoms with van der Waals surface area (Å²) in [5.74, 6) is 0.0953. The Morgan fingerprint density at radius 1 is 0.844 bits per heavy atom. The van der Waals surface area contributed by atoms with Gasteiger partial charge < -0.3 is 0 Å². The lowest BCUT2D eigenvalue weighted by atomic mass is 9.98. The summed E-state index contributed by atoms with van der Waals surface area (Å²) in [7, 11) is 0. The van der Waals surface area contributed by atoms with E-state index in [9.17, 15) is 4.79 Å². The zero-order chi connectivity index (χ0) is 23.4. The van der Waals surface area contributed by atoms with Crippen molar-refractivity contribution >= 4 is 23.1 Å². The minimum absolute atomic E-state index is 0. The Morgan fingerprint density at radius 3 is 2.03 bits per heavy atom. The van der Waals surface area contributed by atoms with E-state index >= 15 is 0 Å². The Morgan fingerprint density at radius 2 is 1.47 bits per heavy atom. The molecule has 0 heterocycles. The van der Waals surface area contributed by atoms with Crippen molar-refractivity contribution in [1.29, 1.82) is 0 Å². The van der Waals surface area contributed by atoms with Gasteiger partial charge in [-0.25, -0.2) is 0 Å². The Hall–Kier alpha value is -2.58. The molecule has 0 aliphatic rings. The highest BCUT2D eigenvalue weighted by atomic mass is 32.2. The van der Waals surface area contributed by atoms with Gasteiger partial charge in [0, 0.05) is 15.4 Å². The second-order valence-electron chi connectivity index (χ2n) is 7.19. The van der Waals surface area contributed by atoms with Crippen LogP contribution in [0.2, 0.25) is 0 Å². The van der Waals surface area contributed by atoms with Gasteiger partial charge in [0.25, 0.3) is 0 Å². The fourth-order valence-electron chi connectivity index (χ4n) is 2.89. The van der Waals surface area contributed by atoms with Gasteiger partial charge in [0.2, 0.25) is 0 Å². The van der Waals surface area contributed by atoms with E-state index in [0.717, 1.165) is 37.6 Å². The largest absolute Gasteiger partial charge is 0.295 e. The molecule has 0 saturated carbocycles. The predicted octanol–water partition coefficient (Wildman–Crippen LogP) is 9.80. The Balaban J connectivity index is 0.00000148. The van der Waals surface area contributed by atoms with E-state index in [1.807, 2.05) is 45.0 Å². The average molecular weight is 449 g/mol. The number of ketones is 1. The molecule has 2 heteroatoms. The first-order valence-corrected chi connectivity index (χ1v) is 11.8. The fraction of sp³-hybridized carbons (Fsp3) is 0.300. The van der Waals surface area contributed by atoms with Crippen LogP contribution in [-0.4, -0.2) is 5.78 Å². The van der Waals surface area contributed by atoms with Crippen LogP contribution in [0.1, 0.15) is 81.1 Å². The maximum Gasteiger partial charge on any atom is 0.159 e. The summed E-state index contributed by atoms with van der Waals surface area (Å²) in [5, 5.41) is 0. The van der Waals surface area contributed by atoms with E-state index in [4.69, 9.17) is 0 Å². The third-order valence-corrected chi connectivity index (χ3v) is 5.63. The van der Waals surface area contributed by atoms with Crippen LogP contribution in [0.25, 0.3) is 5.57 Å². The third kappa shape index (κ3) is 8.51. The maximum absolute atomic E-state index is 11.6. The Labute approximate surface area is 201 Å². The summed E-state index contributed by atoms with van der Waals surface area (Å²) in [5.41, 5.74) is 6.39. The zero-order valence-corrected chi connectivity index (χ0v) is 20.9. The molecule has 0 atom stereocenters. The van der Waals surface area contributed by atoms with Gasteiger partial charge in [-0.05, 0) is 61.2 Å². The van der Waals surface area contributed by atoms with Crippen LogP contribution in [0.5, 0.6) is 0 Å². The van der Waals surface area contributed by atoms with Crippen LogP contribution in [-0.2, 0) is 0 Å². The van der Waals surface area contributed by atoms with Gasteiger partial charge in [-0.1, -0.05) is 114 Å². The summed E-state index contributed by atoms with van der Waals surface area (Å²) in [4.78, 5) is 13.9. The first-order chi connectivity index (χ1) is 14.9. The lowest BCUT2D eigenvalue weighted by Crippen LogP contribution is -1.94. The molecule has 32 heavy (non-hydrogen) atoms. The second kappa shape index (κ2) is 15.3. The van der Waals surface area contributed by atoms with Gasteiger partial charge in [0.1, 0.15) is 0 Å². The number of hydrogen-bond donors (Lipinski definition) is 0. The minimum Gasteiger partial charge on any atom is -0.295 e. The molecule has 0 aliphatic carbocycles. The lowest BCUT2D eigenvalue weighted by molar-refractivity contribution is 0.101. The fourth-order valence-corrected chi connectivity index (χ4v) is 3.94. The first kappa shape index (κ1) is 29.4. The highest BCUT2D eigenvalue weighted by Crippen LogP contribution is 2.37. The molecule has 0 radical (unpaired) electrons. The molecule has 0 bridgehead atoms. The molecule has 0 amide bonds. The van der Waals surface area contributed by atoms with Gasteiger partial charge in [-0.2, -0.15) is 0 Å². The molecule has 0 saturated heterocycles. The van der Waals surface area contributed by atoms with Gasteiger partial charge in [-0.15, -0.1) is 0 Å². The molecule has 3 aromatic carbocycles. The van der Waals surface area contributed by atoms with Crippen molar-refractivity contribution in [3.8, 4) is 0 Å². The second-order valence-corrected chi connectivity index (χ2v) is 8.27. The normalized spacial score (nSPS) is 9.34. The molecule has 0 aliphatic heterocycles. The number of hydrogen-bond acceptors (Lipinski definition) is 2. The molecule has 0 aromatic heterocycles. The molecule has 1 nitrogen and oxygen atoms in total. The van der Waals surface area contributed by atoms with Crippen molar-refractivity contribution in [3.05, 3.63) is 101 Å². The third-order valence-electron chi connectivity index (χ3n) is 4.38. The molecule has 0 N–H and O–H groups in total. The number of carbonyl (C=O) groups excluding carboxylic acids is 1. The number of aryl methyl sites for hydroxylation is 2.